The average molecular weight is 1630 g/mol. The van der Waals surface area contributed by atoms with Crippen molar-refractivity contribution in [1.29, 1.82) is 0 Å². The van der Waals surface area contributed by atoms with Crippen molar-refractivity contribution in [1.82, 2.24) is 0 Å². The SMILES string of the molecule is C#Cc1cccc(-c2ccc(-c3cc(-c4ccc(-c5cccc(C#C)c5C#C)c(-c5cccc(C#C)c5C#C)c4)cc(-c4c5ccccc5c(-c5cc(-c6ccc(-c7cccc(C#C)c7C#C)c(-c7cccc(C#C)c7C#C)c6)cc(-c6ccc(-c7cccc(C#C)c7C#C)c(-c7cccc(C#C)c7C#C)c6)c5)c5ccccc45)c3)cc2-c2cccc(C#C)c2C#C)c1C#C. The summed E-state index contributed by atoms with van der Waals surface area (Å²) in [7, 11) is 0. The van der Waals surface area contributed by atoms with Crippen LogP contribution in [-0.2, 0) is 0 Å². The fourth-order valence-electron chi connectivity index (χ4n) is 18.1. The van der Waals surface area contributed by atoms with Crippen molar-refractivity contribution >= 4 is 21.5 Å². The minimum Gasteiger partial charge on any atom is -0.115 e. The Morgan fingerprint density at radius 2 is 0.277 bits per heavy atom. The molecule has 17 aromatic carbocycles. The summed E-state index contributed by atoms with van der Waals surface area (Å²) < 4.78 is 0. The van der Waals surface area contributed by atoms with Gasteiger partial charge in [0.15, 0.2) is 0 Å². The maximum Gasteiger partial charge on any atom is 0.0477 e. The van der Waals surface area contributed by atoms with Gasteiger partial charge >= 0.3 is 0 Å². The molecular weight excluding hydrogens is 1560 g/mol. The molecular formula is C130H66. The third-order valence-corrected chi connectivity index (χ3v) is 24.0. The van der Waals surface area contributed by atoms with Crippen molar-refractivity contribution < 1.29 is 0 Å². The second-order valence-corrected chi connectivity index (χ2v) is 30.6. The molecule has 0 bridgehead atoms. The second kappa shape index (κ2) is 35.4. The van der Waals surface area contributed by atoms with Gasteiger partial charge in [-0.05, 0) is 287 Å². The minimum absolute atomic E-state index is 0.529. The zero-order valence-electron chi connectivity index (χ0n) is 70.1. The molecule has 0 heteroatoms. The van der Waals surface area contributed by atoms with E-state index < -0.39 is 0 Å². The van der Waals surface area contributed by atoms with Gasteiger partial charge in [-0.15, -0.1) is 103 Å². The van der Waals surface area contributed by atoms with Gasteiger partial charge in [0, 0.05) is 89.0 Å². The molecule has 130 heavy (non-hydrogen) atoms. The standard InChI is InChI=1S/C130H66/c1-17-83-45-37-57-109(101(83)25-9)117-69-65-91(79-125(117)113-61-41-49-87(21-5)105(113)29-13)95-73-96(92-66-70-118(110-58-38-46-84(18-2)102(110)26-10)126(80-92)114-62-42-50-88(22-6)106(114)30-14)76-99(75-95)129-121-53-33-35-55-123(121)130(124-56-36-34-54-122(124)129)100-77-97(93-67-71-119(111-59-39-47-85(19-3)103(111)27-11)127(81-93)115-63-43-51-89(23-7)107(115)31-15)74-98(78-100)94-68-72-120(112-60-40-48-86(20-4)104(112)28-12)128(82-94)116-64-44-52-90(24-8)108(116)32-16/h1-16,33-82H. The Morgan fingerprint density at radius 3 is 0.438 bits per heavy atom. The highest BCUT2D eigenvalue weighted by atomic mass is 14.3. The highest BCUT2D eigenvalue weighted by molar-refractivity contribution is 6.22. The maximum atomic E-state index is 6.53. The van der Waals surface area contributed by atoms with Gasteiger partial charge in [-0.2, -0.15) is 0 Å². The molecule has 17 aromatic rings. The van der Waals surface area contributed by atoms with Crippen LogP contribution >= 0.6 is 0 Å². The molecule has 0 atom stereocenters. The fraction of sp³-hybridized carbons (Fsp3) is 0. The van der Waals surface area contributed by atoms with Crippen LogP contribution in [0.4, 0.5) is 0 Å². The number of hydrogen-bond donors (Lipinski definition) is 0. The molecule has 0 aliphatic rings. The Balaban J connectivity index is 0.981. The van der Waals surface area contributed by atoms with Crippen molar-refractivity contribution in [3.63, 3.8) is 0 Å². The molecule has 0 unspecified atom stereocenters. The summed E-state index contributed by atoms with van der Waals surface area (Å²) in [4.78, 5) is 0. The Bertz CT molecular complexity index is 7600. The van der Waals surface area contributed by atoms with E-state index in [4.69, 9.17) is 103 Å². The first kappa shape index (κ1) is 82.5. The van der Waals surface area contributed by atoms with Gasteiger partial charge < -0.3 is 0 Å². The highest BCUT2D eigenvalue weighted by Crippen LogP contribution is 2.52. The molecule has 17 rings (SSSR count). The normalized spacial score (nSPS) is 10.3. The molecule has 0 aromatic heterocycles. The van der Waals surface area contributed by atoms with Crippen LogP contribution in [0, 0.1) is 198 Å². The molecule has 0 saturated carbocycles. The third-order valence-electron chi connectivity index (χ3n) is 24.0. The third kappa shape index (κ3) is 14.4. The van der Waals surface area contributed by atoms with E-state index in [0.29, 0.717) is 111 Å². The number of hydrogen-bond acceptors (Lipinski definition) is 0. The lowest BCUT2D eigenvalue weighted by atomic mass is 9.81. The van der Waals surface area contributed by atoms with E-state index in [2.05, 4.69) is 252 Å². The second-order valence-electron chi connectivity index (χ2n) is 30.6. The van der Waals surface area contributed by atoms with Crippen LogP contribution in [-0.4, -0.2) is 0 Å². The van der Waals surface area contributed by atoms with Gasteiger partial charge in [0.1, 0.15) is 0 Å². The van der Waals surface area contributed by atoms with Crippen molar-refractivity contribution in [3.05, 3.63) is 392 Å². The molecule has 0 amide bonds. The van der Waals surface area contributed by atoms with E-state index >= 15 is 0 Å². The van der Waals surface area contributed by atoms with E-state index in [1.165, 1.54) is 0 Å². The molecule has 0 heterocycles. The monoisotopic (exact) mass is 1630 g/mol. The first-order chi connectivity index (χ1) is 63.8. The van der Waals surface area contributed by atoms with Crippen LogP contribution in [0.1, 0.15) is 89.0 Å². The Labute approximate surface area is 761 Å². The maximum absolute atomic E-state index is 6.53. The van der Waals surface area contributed by atoms with Gasteiger partial charge in [0.05, 0.1) is 0 Å². The van der Waals surface area contributed by atoms with Crippen molar-refractivity contribution in [2.24, 2.45) is 0 Å². The number of fused-ring (bicyclic) bond motifs is 2. The zero-order valence-corrected chi connectivity index (χ0v) is 70.1. The van der Waals surface area contributed by atoms with E-state index in [1.807, 2.05) is 146 Å². The molecule has 0 fully saturated rings. The quantitative estimate of drug-likeness (QED) is 0.0752. The summed E-state index contributed by atoms with van der Waals surface area (Å²) in [5.74, 6) is 46.2. The first-order valence-corrected chi connectivity index (χ1v) is 41.1. The molecule has 0 spiro atoms. The number of benzene rings is 17. The van der Waals surface area contributed by atoms with Crippen molar-refractivity contribution in [2.45, 2.75) is 0 Å². The fourth-order valence-corrected chi connectivity index (χ4v) is 18.1. The zero-order chi connectivity index (χ0) is 90.4. The van der Waals surface area contributed by atoms with E-state index in [9.17, 15) is 0 Å². The predicted molar refractivity (Wildman–Crippen MR) is 545 cm³/mol. The Morgan fingerprint density at radius 1 is 0.115 bits per heavy atom. The molecule has 586 valence electrons. The van der Waals surface area contributed by atoms with Gasteiger partial charge in [0.2, 0.25) is 0 Å². The Hall–Kier alpha value is -19.8. The van der Waals surface area contributed by atoms with Gasteiger partial charge in [-0.25, -0.2) is 0 Å². The van der Waals surface area contributed by atoms with E-state index in [0.717, 1.165) is 155 Å². The molecule has 0 nitrogen and oxygen atoms in total. The topological polar surface area (TPSA) is 0 Å². The van der Waals surface area contributed by atoms with E-state index in [-0.39, 0.29) is 0 Å². The molecule has 0 radical (unpaired) electrons. The summed E-state index contributed by atoms with van der Waals surface area (Å²) in [6, 6.07) is 101. The largest absolute Gasteiger partial charge is 0.115 e. The Kier molecular flexibility index (Phi) is 22.4. The van der Waals surface area contributed by atoms with Gasteiger partial charge in [-0.3, -0.25) is 0 Å². The average Bonchev–Trinajstić information content (AvgIpc) is 0.725. The van der Waals surface area contributed by atoms with Crippen LogP contribution in [0.25, 0.3) is 177 Å². The smallest absolute Gasteiger partial charge is 0.0477 e. The van der Waals surface area contributed by atoms with Crippen LogP contribution in [0.2, 0.25) is 0 Å². The molecule has 0 saturated heterocycles. The van der Waals surface area contributed by atoms with Crippen LogP contribution in [0.3, 0.4) is 0 Å². The van der Waals surface area contributed by atoms with Gasteiger partial charge in [0.25, 0.3) is 0 Å². The number of terminal acetylenes is 16. The summed E-state index contributed by atoms with van der Waals surface area (Å²) >= 11 is 0. The highest BCUT2D eigenvalue weighted by Gasteiger charge is 2.27. The number of rotatable bonds is 14. The lowest BCUT2D eigenvalue weighted by Crippen LogP contribution is -1.97. The van der Waals surface area contributed by atoms with Crippen LogP contribution in [0.15, 0.2) is 303 Å². The lowest BCUT2D eigenvalue weighted by molar-refractivity contribution is 1.50. The summed E-state index contributed by atoms with van der Waals surface area (Å²) in [5.41, 5.74) is 30.8. The minimum atomic E-state index is 0.529. The van der Waals surface area contributed by atoms with Crippen LogP contribution < -0.4 is 0 Å². The summed E-state index contributed by atoms with van der Waals surface area (Å²) in [6.45, 7) is 0. The van der Waals surface area contributed by atoms with Crippen LogP contribution in [0.5, 0.6) is 0 Å². The summed E-state index contributed by atoms with van der Waals surface area (Å²) in [5, 5.41) is 3.72. The lowest BCUT2D eigenvalue weighted by Gasteiger charge is -2.22. The van der Waals surface area contributed by atoms with E-state index in [1.54, 1.807) is 0 Å². The first-order valence-electron chi connectivity index (χ1n) is 41.1. The van der Waals surface area contributed by atoms with Crippen molar-refractivity contribution in [2.75, 3.05) is 0 Å². The molecule has 0 N–H and O–H groups in total. The summed E-state index contributed by atoms with van der Waals surface area (Å²) in [6.07, 6.45) is 102. The van der Waals surface area contributed by atoms with Gasteiger partial charge in [-0.1, -0.05) is 289 Å². The predicted octanol–water partition coefficient (Wildman–Crippen LogP) is 27.0. The van der Waals surface area contributed by atoms with Crippen molar-refractivity contribution in [3.8, 4) is 353 Å². The molecule has 0 aliphatic carbocycles. The molecule has 0 aliphatic heterocycles.